The lowest BCUT2D eigenvalue weighted by molar-refractivity contribution is -0.144. The van der Waals surface area contributed by atoms with Gasteiger partial charge in [0.2, 0.25) is 17.6 Å². The third-order valence-electron chi connectivity index (χ3n) is 9.16. The highest BCUT2D eigenvalue weighted by Gasteiger charge is 2.52. The molecule has 0 spiro atoms. The number of ether oxygens (including phenoxy) is 1. The van der Waals surface area contributed by atoms with E-state index < -0.39 is 29.2 Å². The maximum atomic E-state index is 13.6. The summed E-state index contributed by atoms with van der Waals surface area (Å²) in [6.45, 7) is 22.5. The number of nitrogens with zero attached hydrogens (tertiary/aromatic N) is 1. The number of carbonyl (C=O) groups is 6. The Bertz CT molecular complexity index is 1040. The molecular formula is C36H67N5O7. The van der Waals surface area contributed by atoms with E-state index >= 15 is 0 Å². The average molecular weight is 682 g/mol. The number of hydrogen-bond acceptors (Lipinski definition) is 7. The summed E-state index contributed by atoms with van der Waals surface area (Å²) in [5.74, 6) is -0.0536. The molecule has 2 aliphatic rings. The van der Waals surface area contributed by atoms with Gasteiger partial charge in [0.1, 0.15) is 12.6 Å². The Morgan fingerprint density at radius 2 is 1.56 bits per heavy atom. The first-order valence-corrected chi connectivity index (χ1v) is 17.9. The van der Waals surface area contributed by atoms with Crippen LogP contribution in [0.1, 0.15) is 115 Å². The summed E-state index contributed by atoms with van der Waals surface area (Å²) in [6.07, 6.45) is 5.43. The van der Waals surface area contributed by atoms with E-state index in [1.807, 2.05) is 41.5 Å². The monoisotopic (exact) mass is 682 g/mol. The summed E-state index contributed by atoms with van der Waals surface area (Å²) in [7, 11) is 1.78. The molecule has 0 saturated heterocycles. The minimum atomic E-state index is -0.880. The molecule has 2 fully saturated rings. The number of primary amides is 1. The fourth-order valence-corrected chi connectivity index (χ4v) is 5.74. The van der Waals surface area contributed by atoms with Gasteiger partial charge in [-0.3, -0.25) is 24.0 Å². The van der Waals surface area contributed by atoms with E-state index in [2.05, 4.69) is 42.5 Å². The van der Waals surface area contributed by atoms with E-state index in [-0.39, 0.29) is 54.6 Å². The second-order valence-corrected chi connectivity index (χ2v) is 14.7. The van der Waals surface area contributed by atoms with Crippen molar-refractivity contribution in [3.8, 4) is 0 Å². The molecule has 12 heteroatoms. The van der Waals surface area contributed by atoms with Gasteiger partial charge in [0, 0.05) is 39.4 Å². The molecule has 0 aliphatic heterocycles. The van der Waals surface area contributed by atoms with Gasteiger partial charge < -0.3 is 31.3 Å². The Balaban J connectivity index is 0.00000247. The third-order valence-corrected chi connectivity index (χ3v) is 9.16. The van der Waals surface area contributed by atoms with Gasteiger partial charge in [-0.05, 0) is 47.8 Å². The highest BCUT2D eigenvalue weighted by molar-refractivity contribution is 6.34. The molecular weight excluding hydrogens is 614 g/mol. The normalized spacial score (nSPS) is 20.1. The van der Waals surface area contributed by atoms with E-state index in [1.165, 1.54) is 6.42 Å². The molecule has 6 atom stereocenters. The van der Waals surface area contributed by atoms with Gasteiger partial charge in [0.15, 0.2) is 0 Å². The predicted octanol–water partition coefficient (Wildman–Crippen LogP) is 4.44. The van der Waals surface area contributed by atoms with Crippen LogP contribution in [0.3, 0.4) is 0 Å². The van der Waals surface area contributed by atoms with Crippen molar-refractivity contribution in [3.05, 3.63) is 0 Å². The number of amides is 5. The molecule has 2 saturated carbocycles. The third kappa shape index (κ3) is 16.3. The van der Waals surface area contributed by atoms with Gasteiger partial charge in [-0.2, -0.15) is 0 Å². The van der Waals surface area contributed by atoms with Crippen LogP contribution >= 0.6 is 0 Å². The highest BCUT2D eigenvalue weighted by Crippen LogP contribution is 2.51. The highest BCUT2D eigenvalue weighted by atomic mass is 16.5. The van der Waals surface area contributed by atoms with Gasteiger partial charge in [0.25, 0.3) is 5.91 Å². The number of urea groups is 1. The van der Waals surface area contributed by atoms with Crippen LogP contribution in [0.15, 0.2) is 0 Å². The second-order valence-electron chi connectivity index (χ2n) is 14.7. The van der Waals surface area contributed by atoms with Gasteiger partial charge in [-0.1, -0.05) is 88.5 Å². The van der Waals surface area contributed by atoms with Crippen molar-refractivity contribution in [2.75, 3.05) is 26.7 Å². The molecule has 2 aliphatic carbocycles. The van der Waals surface area contributed by atoms with Crippen LogP contribution in [0.25, 0.3) is 0 Å². The van der Waals surface area contributed by atoms with Gasteiger partial charge in [0.05, 0.1) is 6.04 Å². The number of likely N-dealkylation sites (N-methyl/N-ethyl adjacent to an activating group) is 1. The molecule has 5 N–H and O–H groups in total. The largest absolute Gasteiger partial charge is 0.463 e. The summed E-state index contributed by atoms with van der Waals surface area (Å²) < 4.78 is 5.34. The molecule has 5 amide bonds. The van der Waals surface area contributed by atoms with Crippen LogP contribution in [0.5, 0.6) is 0 Å². The first kappa shape index (κ1) is 44.8. The minimum absolute atomic E-state index is 0.0842. The predicted molar refractivity (Wildman–Crippen MR) is 189 cm³/mol. The number of ketones is 1. The zero-order valence-corrected chi connectivity index (χ0v) is 31.9. The summed E-state index contributed by atoms with van der Waals surface area (Å²) in [6, 6.07) is -1.46. The fourth-order valence-electron chi connectivity index (χ4n) is 5.74. The maximum Gasteiger partial charge on any atom is 0.315 e. The van der Waals surface area contributed by atoms with Crippen molar-refractivity contribution >= 4 is 35.5 Å². The summed E-state index contributed by atoms with van der Waals surface area (Å²) in [5, 5.41) is 8.95. The lowest BCUT2D eigenvalue weighted by atomic mass is 9.81. The van der Waals surface area contributed by atoms with Crippen molar-refractivity contribution in [2.24, 2.45) is 46.7 Å². The van der Waals surface area contributed by atoms with Crippen LogP contribution in [-0.4, -0.2) is 79.2 Å². The number of esters is 1. The number of nitrogens with two attached hydrogens (primary N) is 1. The van der Waals surface area contributed by atoms with Crippen LogP contribution < -0.4 is 21.7 Å². The first-order valence-electron chi connectivity index (χ1n) is 17.9. The maximum absolute atomic E-state index is 13.6. The van der Waals surface area contributed by atoms with E-state index in [1.54, 1.807) is 18.9 Å². The Kier molecular flexibility index (Phi) is 20.3. The van der Waals surface area contributed by atoms with E-state index in [0.717, 1.165) is 32.6 Å². The standard InChI is InChI=1S/C31H56N4O5.C3H5NO2.C2H6/c1-10-25(36)40-18-23(16-22-12-11-13-22)33-30(39)34-27(31(6,7)8)29(38)35(9)17-24-20(4)26(24)21(5)28(37)32-15-14-19(2)3;1-2(5)3(4)6;1-2/h19-24,26-27H,10-18H2,1-9H3,(H,32,37)(H2,33,34,39);1H3,(H2,4,6);1-2H3/t20?,21?,23-,24+,26+,27?;;/m0../s1. The lowest BCUT2D eigenvalue weighted by Crippen LogP contribution is -2.58. The number of hydrogen-bond donors (Lipinski definition) is 4. The summed E-state index contributed by atoms with van der Waals surface area (Å²) >= 11 is 0. The smallest absolute Gasteiger partial charge is 0.315 e. The molecule has 2 rings (SSSR count). The van der Waals surface area contributed by atoms with Crippen LogP contribution in [-0.2, 0) is 28.7 Å². The molecule has 3 unspecified atom stereocenters. The van der Waals surface area contributed by atoms with E-state index in [0.29, 0.717) is 30.8 Å². The van der Waals surface area contributed by atoms with E-state index in [9.17, 15) is 28.8 Å². The van der Waals surface area contributed by atoms with Crippen LogP contribution in [0.4, 0.5) is 4.79 Å². The Morgan fingerprint density at radius 3 is 2.00 bits per heavy atom. The minimum Gasteiger partial charge on any atom is -0.463 e. The summed E-state index contributed by atoms with van der Waals surface area (Å²) in [5.41, 5.74) is 3.93. The number of nitrogens with one attached hydrogen (secondary N) is 3. The molecule has 0 aromatic carbocycles. The van der Waals surface area contributed by atoms with Crippen LogP contribution in [0, 0.1) is 40.9 Å². The average Bonchev–Trinajstić information content (AvgIpc) is 3.62. The van der Waals surface area contributed by atoms with Gasteiger partial charge >= 0.3 is 12.0 Å². The van der Waals surface area contributed by atoms with Crippen molar-refractivity contribution in [2.45, 2.75) is 127 Å². The molecule has 0 heterocycles. The molecule has 0 aromatic heterocycles. The topological polar surface area (TPSA) is 177 Å². The zero-order chi connectivity index (χ0) is 37.4. The fraction of sp³-hybridized carbons (Fsp3) is 0.833. The number of Topliss-reactive ketones (excluding diaryl/α,β-unsaturated/α-hetero) is 1. The molecule has 0 bridgehead atoms. The second kappa shape index (κ2) is 21.7. The molecule has 12 nitrogen and oxygen atoms in total. The Labute approximate surface area is 289 Å². The van der Waals surface area contributed by atoms with Crippen LogP contribution in [0.2, 0.25) is 0 Å². The molecule has 48 heavy (non-hydrogen) atoms. The zero-order valence-electron chi connectivity index (χ0n) is 31.9. The van der Waals surface area contributed by atoms with Crippen molar-refractivity contribution < 1.29 is 33.5 Å². The Hall–Kier alpha value is -3.18. The van der Waals surface area contributed by atoms with Crippen molar-refractivity contribution in [3.63, 3.8) is 0 Å². The molecule has 0 aromatic rings. The summed E-state index contributed by atoms with van der Waals surface area (Å²) in [4.78, 5) is 72.1. The first-order chi connectivity index (χ1) is 22.3. The molecule has 278 valence electrons. The lowest BCUT2D eigenvalue weighted by Gasteiger charge is -2.35. The number of carbonyl (C=O) groups excluding carboxylic acids is 6. The van der Waals surface area contributed by atoms with Gasteiger partial charge in [-0.15, -0.1) is 0 Å². The van der Waals surface area contributed by atoms with Crippen molar-refractivity contribution in [1.82, 2.24) is 20.9 Å². The van der Waals surface area contributed by atoms with Gasteiger partial charge in [-0.25, -0.2) is 4.79 Å². The molecule has 0 radical (unpaired) electrons. The quantitative estimate of drug-likeness (QED) is 0.137. The van der Waals surface area contributed by atoms with Crippen molar-refractivity contribution in [1.29, 1.82) is 0 Å². The number of rotatable bonds is 16. The van der Waals surface area contributed by atoms with E-state index in [4.69, 9.17) is 4.74 Å². The SMILES string of the molecule is CC.CC(=O)C(N)=O.CCC(=O)OC[C@H](CC1CCC1)NC(=O)NC(C(=O)N(C)C[C@@H]1C(C)[C@@H]1C(C)C(=O)NCCC(C)C)C(C)(C)C. The Morgan fingerprint density at radius 1 is 1.00 bits per heavy atom.